The van der Waals surface area contributed by atoms with Crippen molar-refractivity contribution in [3.63, 3.8) is 0 Å². The van der Waals surface area contributed by atoms with Crippen LogP contribution in [0, 0.1) is 16.0 Å². The van der Waals surface area contributed by atoms with Crippen LogP contribution in [0.3, 0.4) is 0 Å². The van der Waals surface area contributed by atoms with Gasteiger partial charge < -0.3 is 26.2 Å². The number of aromatic hydroxyl groups is 1. The van der Waals surface area contributed by atoms with Gasteiger partial charge in [0.25, 0.3) is 11.6 Å². The number of hydrogen-bond donors (Lipinski definition) is 5. The fourth-order valence-electron chi connectivity index (χ4n) is 3.66. The van der Waals surface area contributed by atoms with Gasteiger partial charge in [-0.25, -0.2) is 4.79 Å². The summed E-state index contributed by atoms with van der Waals surface area (Å²) in [5.74, 6) is -4.04. The van der Waals surface area contributed by atoms with E-state index in [9.17, 15) is 39.5 Å². The molecule has 3 atom stereocenters. The highest BCUT2D eigenvalue weighted by atomic mass is 32.2. The van der Waals surface area contributed by atoms with E-state index >= 15 is 0 Å². The van der Waals surface area contributed by atoms with Crippen molar-refractivity contribution in [3.05, 3.63) is 69.8 Å². The molecule has 2 aromatic carbocycles. The number of rotatable bonds is 14. The first-order chi connectivity index (χ1) is 18.4. The number of nitro groups is 1. The zero-order chi connectivity index (χ0) is 29.1. The first kappa shape index (κ1) is 31.1. The molecule has 0 aliphatic rings. The maximum atomic E-state index is 13.3. The van der Waals surface area contributed by atoms with Crippen molar-refractivity contribution in [2.45, 2.75) is 44.8 Å². The average molecular weight is 561 g/mol. The molecule has 0 heterocycles. The molecule has 0 aliphatic carbocycles. The summed E-state index contributed by atoms with van der Waals surface area (Å²) in [6, 6.07) is 8.24. The highest BCUT2D eigenvalue weighted by Crippen LogP contribution is 2.23. The van der Waals surface area contributed by atoms with E-state index in [1.807, 2.05) is 6.26 Å². The lowest BCUT2D eigenvalue weighted by atomic mass is 10.00. The summed E-state index contributed by atoms with van der Waals surface area (Å²) in [6.45, 7) is 3.29. The number of carbonyl (C=O) groups excluding carboxylic acids is 3. The number of phenolic OH excluding ortho intramolecular Hbond substituents is 1. The third kappa shape index (κ3) is 9.28. The van der Waals surface area contributed by atoms with Crippen LogP contribution in [0.15, 0.2) is 48.5 Å². The summed E-state index contributed by atoms with van der Waals surface area (Å²) in [5.41, 5.74) is -0.0996. The second kappa shape index (κ2) is 14.7. The topological polar surface area (TPSA) is 188 Å². The van der Waals surface area contributed by atoms with Gasteiger partial charge in [0, 0.05) is 18.6 Å². The molecule has 0 saturated heterocycles. The lowest BCUT2D eigenvalue weighted by molar-refractivity contribution is -0.384. The Hall–Kier alpha value is -4.13. The Bertz CT molecular complexity index is 1190. The molecule has 0 saturated carbocycles. The Balaban J connectivity index is 2.28. The van der Waals surface area contributed by atoms with Crippen LogP contribution in [-0.4, -0.2) is 69.0 Å². The van der Waals surface area contributed by atoms with Crippen molar-refractivity contribution in [2.75, 3.05) is 12.0 Å². The molecule has 39 heavy (non-hydrogen) atoms. The van der Waals surface area contributed by atoms with Gasteiger partial charge in [-0.3, -0.25) is 24.5 Å². The lowest BCUT2D eigenvalue weighted by Crippen LogP contribution is -2.57. The van der Waals surface area contributed by atoms with Crippen LogP contribution in [0.5, 0.6) is 5.75 Å². The van der Waals surface area contributed by atoms with Gasteiger partial charge in [0.15, 0.2) is 0 Å². The number of aliphatic carboxylic acids is 1. The van der Waals surface area contributed by atoms with Gasteiger partial charge in [-0.2, -0.15) is 11.8 Å². The Morgan fingerprint density at radius 2 is 1.62 bits per heavy atom. The average Bonchev–Trinajstić information content (AvgIpc) is 2.89. The molecule has 2 aromatic rings. The summed E-state index contributed by atoms with van der Waals surface area (Å²) < 4.78 is 0. The van der Waals surface area contributed by atoms with E-state index in [2.05, 4.69) is 16.0 Å². The summed E-state index contributed by atoms with van der Waals surface area (Å²) in [4.78, 5) is 61.4. The Morgan fingerprint density at radius 1 is 0.974 bits per heavy atom. The normalized spacial score (nSPS) is 13.1. The largest absolute Gasteiger partial charge is 0.507 e. The number of benzene rings is 2. The Labute approximate surface area is 229 Å². The third-order valence-electron chi connectivity index (χ3n) is 5.81. The molecular formula is C26H32N4O8S. The molecule has 0 unspecified atom stereocenters. The van der Waals surface area contributed by atoms with Crippen molar-refractivity contribution in [2.24, 2.45) is 5.92 Å². The minimum atomic E-state index is -1.20. The number of carboxylic acids is 1. The molecule has 210 valence electrons. The van der Waals surface area contributed by atoms with Crippen LogP contribution in [0.4, 0.5) is 5.69 Å². The van der Waals surface area contributed by atoms with E-state index in [0.29, 0.717) is 11.3 Å². The second-order valence-corrected chi connectivity index (χ2v) is 10.1. The quantitative estimate of drug-likeness (QED) is 0.170. The zero-order valence-electron chi connectivity index (χ0n) is 21.7. The van der Waals surface area contributed by atoms with E-state index in [1.54, 1.807) is 44.2 Å². The monoisotopic (exact) mass is 560 g/mol. The first-order valence-corrected chi connectivity index (χ1v) is 13.5. The number of phenols is 1. The molecule has 0 aliphatic heterocycles. The van der Waals surface area contributed by atoms with Crippen LogP contribution in [0.25, 0.3) is 0 Å². The smallest absolute Gasteiger partial charge is 0.326 e. The molecule has 0 aromatic heterocycles. The van der Waals surface area contributed by atoms with Crippen molar-refractivity contribution in [1.82, 2.24) is 16.0 Å². The van der Waals surface area contributed by atoms with Crippen molar-refractivity contribution >= 4 is 41.1 Å². The minimum Gasteiger partial charge on any atom is -0.507 e. The van der Waals surface area contributed by atoms with Gasteiger partial charge in [0.2, 0.25) is 11.8 Å². The van der Waals surface area contributed by atoms with Gasteiger partial charge in [-0.15, -0.1) is 0 Å². The maximum absolute atomic E-state index is 13.3. The summed E-state index contributed by atoms with van der Waals surface area (Å²) in [6.07, 6.45) is 2.05. The number of nitrogens with zero attached hydrogens (tertiary/aromatic N) is 1. The van der Waals surface area contributed by atoms with Crippen molar-refractivity contribution < 1.29 is 34.3 Å². The van der Waals surface area contributed by atoms with Gasteiger partial charge >= 0.3 is 5.97 Å². The summed E-state index contributed by atoms with van der Waals surface area (Å²) >= 11 is 1.43. The molecule has 13 heteroatoms. The number of thioether (sulfide) groups is 1. The number of carbonyl (C=O) groups is 4. The zero-order valence-corrected chi connectivity index (χ0v) is 22.6. The fraction of sp³-hybridized carbons (Fsp3) is 0.385. The summed E-state index contributed by atoms with van der Waals surface area (Å²) in [5, 5.41) is 38.2. The summed E-state index contributed by atoms with van der Waals surface area (Å²) in [7, 11) is 0. The van der Waals surface area contributed by atoms with Crippen LogP contribution in [-0.2, 0) is 20.8 Å². The van der Waals surface area contributed by atoms with Gasteiger partial charge in [-0.05, 0) is 36.0 Å². The highest BCUT2D eigenvalue weighted by Gasteiger charge is 2.32. The molecule has 3 amide bonds. The van der Waals surface area contributed by atoms with Gasteiger partial charge in [-0.1, -0.05) is 44.2 Å². The van der Waals surface area contributed by atoms with E-state index in [-0.39, 0.29) is 18.4 Å². The lowest BCUT2D eigenvalue weighted by Gasteiger charge is -2.26. The molecular weight excluding hydrogens is 528 g/mol. The SMILES string of the molecule is CSCC[C@H](NC(=O)[C@H](Cc1ccccc1)NC(=O)[C@@H](NC(=O)c1cc([N+](=O)[O-])ccc1O)C(C)C)C(=O)O. The molecule has 0 fully saturated rings. The highest BCUT2D eigenvalue weighted by molar-refractivity contribution is 7.98. The maximum Gasteiger partial charge on any atom is 0.326 e. The number of nitrogens with one attached hydrogen (secondary N) is 3. The van der Waals surface area contributed by atoms with Gasteiger partial charge in [0.1, 0.15) is 23.9 Å². The number of nitro benzene ring substituents is 1. The van der Waals surface area contributed by atoms with E-state index < -0.39 is 64.1 Å². The molecule has 5 N–H and O–H groups in total. The molecule has 2 rings (SSSR count). The van der Waals surface area contributed by atoms with Crippen molar-refractivity contribution in [1.29, 1.82) is 0 Å². The predicted octanol–water partition coefficient (Wildman–Crippen LogP) is 2.10. The Kier molecular flexibility index (Phi) is 11.7. The molecule has 0 bridgehead atoms. The third-order valence-corrected chi connectivity index (χ3v) is 6.46. The van der Waals surface area contributed by atoms with Crippen molar-refractivity contribution in [3.8, 4) is 5.75 Å². The van der Waals surface area contributed by atoms with Crippen LogP contribution < -0.4 is 16.0 Å². The molecule has 0 radical (unpaired) electrons. The van der Waals surface area contributed by atoms with Crippen LogP contribution >= 0.6 is 11.8 Å². The Morgan fingerprint density at radius 3 is 2.18 bits per heavy atom. The van der Waals surface area contributed by atoms with Crippen LogP contribution in [0.2, 0.25) is 0 Å². The minimum absolute atomic E-state index is 0.0533. The fourth-order valence-corrected chi connectivity index (χ4v) is 4.13. The first-order valence-electron chi connectivity index (χ1n) is 12.1. The molecule has 12 nitrogen and oxygen atoms in total. The number of non-ortho nitro benzene ring substituents is 1. The second-order valence-electron chi connectivity index (χ2n) is 9.09. The van der Waals surface area contributed by atoms with E-state index in [0.717, 1.165) is 18.2 Å². The number of carboxylic acid groups (broad SMARTS) is 1. The van der Waals surface area contributed by atoms with Gasteiger partial charge in [0.05, 0.1) is 10.5 Å². The van der Waals surface area contributed by atoms with Crippen LogP contribution in [0.1, 0.15) is 36.2 Å². The predicted molar refractivity (Wildman–Crippen MR) is 145 cm³/mol. The standard InChI is InChI=1S/C26H32N4O8S/c1-15(2)22(29-23(32)18-14-17(30(37)38)9-10-21(18)31)25(34)28-20(13-16-7-5-4-6-8-16)24(33)27-19(26(35)36)11-12-39-3/h4-10,14-15,19-20,22,31H,11-13H2,1-3H3,(H,27,33)(H,28,34)(H,29,32)(H,35,36)/t19-,20-,22-/m0/s1. The van der Waals surface area contributed by atoms with E-state index in [1.165, 1.54) is 11.8 Å². The number of hydrogen-bond acceptors (Lipinski definition) is 8. The number of amides is 3. The van der Waals surface area contributed by atoms with E-state index in [4.69, 9.17) is 0 Å². The molecule has 0 spiro atoms.